The van der Waals surface area contributed by atoms with Crippen molar-refractivity contribution in [3.63, 3.8) is 0 Å². The van der Waals surface area contributed by atoms with Crippen molar-refractivity contribution >= 4 is 39.8 Å². The maximum Gasteiger partial charge on any atom is 0.262 e. The van der Waals surface area contributed by atoms with Crippen LogP contribution in [0.2, 0.25) is 0 Å². The van der Waals surface area contributed by atoms with Gasteiger partial charge in [-0.3, -0.25) is 9.89 Å². The predicted molar refractivity (Wildman–Crippen MR) is 71.5 cm³/mol. The van der Waals surface area contributed by atoms with Crippen molar-refractivity contribution in [1.82, 2.24) is 15.5 Å². The van der Waals surface area contributed by atoms with E-state index >= 15 is 0 Å². The van der Waals surface area contributed by atoms with Crippen molar-refractivity contribution in [3.05, 3.63) is 37.3 Å². The third-order valence-electron chi connectivity index (χ3n) is 2.10. The summed E-state index contributed by atoms with van der Waals surface area (Å²) < 4.78 is 1.03. The SMILES string of the molecule is Cc1csc(C(=O)NCc2ccn[nH]2)c1I. The fraction of sp³-hybridized carbons (Fsp3) is 0.200. The average Bonchev–Trinajstić information content (AvgIpc) is 2.88. The van der Waals surface area contributed by atoms with Gasteiger partial charge in [-0.25, -0.2) is 0 Å². The lowest BCUT2D eigenvalue weighted by Gasteiger charge is -2.02. The van der Waals surface area contributed by atoms with Gasteiger partial charge in [0.2, 0.25) is 0 Å². The Morgan fingerprint density at radius 2 is 2.50 bits per heavy atom. The van der Waals surface area contributed by atoms with Crippen LogP contribution in [0.3, 0.4) is 0 Å². The van der Waals surface area contributed by atoms with Crippen LogP contribution in [0.25, 0.3) is 0 Å². The van der Waals surface area contributed by atoms with E-state index in [0.29, 0.717) is 6.54 Å². The minimum atomic E-state index is -0.0305. The summed E-state index contributed by atoms with van der Waals surface area (Å²) in [5.74, 6) is -0.0305. The minimum absolute atomic E-state index is 0.0305. The lowest BCUT2D eigenvalue weighted by Crippen LogP contribution is -2.22. The molecule has 2 heterocycles. The number of aromatic amines is 1. The van der Waals surface area contributed by atoms with Crippen LogP contribution in [0.4, 0.5) is 0 Å². The highest BCUT2D eigenvalue weighted by Crippen LogP contribution is 2.23. The summed E-state index contributed by atoms with van der Waals surface area (Å²) in [6, 6.07) is 1.84. The van der Waals surface area contributed by atoms with Crippen LogP contribution in [0.15, 0.2) is 17.6 Å². The predicted octanol–water partition coefficient (Wildman–Crippen LogP) is 2.31. The smallest absolute Gasteiger partial charge is 0.262 e. The molecule has 2 aromatic rings. The van der Waals surface area contributed by atoms with Gasteiger partial charge in [0.05, 0.1) is 12.2 Å². The Hall–Kier alpha value is -0.890. The Morgan fingerprint density at radius 3 is 3.06 bits per heavy atom. The van der Waals surface area contributed by atoms with E-state index in [0.717, 1.165) is 19.7 Å². The van der Waals surface area contributed by atoms with Crippen LogP contribution in [0.1, 0.15) is 20.9 Å². The molecule has 2 aromatic heterocycles. The number of H-pyrrole nitrogens is 1. The van der Waals surface area contributed by atoms with Gasteiger partial charge in [-0.05, 0) is 46.5 Å². The van der Waals surface area contributed by atoms with Crippen LogP contribution < -0.4 is 5.32 Å². The molecule has 0 saturated heterocycles. The molecular formula is C10H10IN3OS. The lowest BCUT2D eigenvalue weighted by molar-refractivity contribution is 0.0953. The minimum Gasteiger partial charge on any atom is -0.346 e. The van der Waals surface area contributed by atoms with E-state index < -0.39 is 0 Å². The quantitative estimate of drug-likeness (QED) is 0.838. The Bertz CT molecular complexity index is 492. The Kier molecular flexibility index (Phi) is 3.59. The number of nitrogens with one attached hydrogen (secondary N) is 2. The molecular weight excluding hydrogens is 337 g/mol. The first-order valence-corrected chi connectivity index (χ1v) is 6.64. The van der Waals surface area contributed by atoms with E-state index in [1.54, 1.807) is 6.20 Å². The van der Waals surface area contributed by atoms with Gasteiger partial charge in [0.1, 0.15) is 4.88 Å². The summed E-state index contributed by atoms with van der Waals surface area (Å²) >= 11 is 3.67. The molecule has 84 valence electrons. The summed E-state index contributed by atoms with van der Waals surface area (Å²) in [5, 5.41) is 11.5. The lowest BCUT2D eigenvalue weighted by atomic mass is 10.3. The number of rotatable bonds is 3. The second-order valence-electron chi connectivity index (χ2n) is 3.33. The van der Waals surface area contributed by atoms with Crippen LogP contribution in [-0.2, 0) is 6.54 Å². The second kappa shape index (κ2) is 4.96. The largest absolute Gasteiger partial charge is 0.346 e. The number of halogens is 1. The maximum absolute atomic E-state index is 11.8. The van der Waals surface area contributed by atoms with E-state index in [9.17, 15) is 4.79 Å². The van der Waals surface area contributed by atoms with Gasteiger partial charge in [0.15, 0.2) is 0 Å². The summed E-state index contributed by atoms with van der Waals surface area (Å²) in [6.07, 6.45) is 1.67. The molecule has 2 N–H and O–H groups in total. The van der Waals surface area contributed by atoms with Gasteiger partial charge in [0, 0.05) is 9.77 Å². The molecule has 0 atom stereocenters. The first-order valence-electron chi connectivity index (χ1n) is 4.68. The molecule has 0 fully saturated rings. The number of thiophene rings is 1. The third-order valence-corrected chi connectivity index (χ3v) is 4.96. The molecule has 6 heteroatoms. The molecule has 2 rings (SSSR count). The van der Waals surface area contributed by atoms with Crippen LogP contribution >= 0.6 is 33.9 Å². The summed E-state index contributed by atoms with van der Waals surface area (Å²) in [7, 11) is 0. The molecule has 0 radical (unpaired) electrons. The zero-order chi connectivity index (χ0) is 11.5. The number of carbonyl (C=O) groups excluding carboxylic acids is 1. The highest BCUT2D eigenvalue weighted by atomic mass is 127. The summed E-state index contributed by atoms with van der Waals surface area (Å²) in [5.41, 5.74) is 2.05. The molecule has 0 saturated carbocycles. The molecule has 4 nitrogen and oxygen atoms in total. The number of amides is 1. The highest BCUT2D eigenvalue weighted by molar-refractivity contribution is 14.1. The normalized spacial score (nSPS) is 10.4. The van der Waals surface area contributed by atoms with Gasteiger partial charge in [-0.1, -0.05) is 0 Å². The number of hydrogen-bond acceptors (Lipinski definition) is 3. The monoisotopic (exact) mass is 347 g/mol. The fourth-order valence-electron chi connectivity index (χ4n) is 1.22. The molecule has 0 aromatic carbocycles. The molecule has 0 aliphatic carbocycles. The second-order valence-corrected chi connectivity index (χ2v) is 5.28. The van der Waals surface area contributed by atoms with Crippen molar-refractivity contribution in [2.75, 3.05) is 0 Å². The van der Waals surface area contributed by atoms with Crippen molar-refractivity contribution in [3.8, 4) is 0 Å². The van der Waals surface area contributed by atoms with Gasteiger partial charge >= 0.3 is 0 Å². The van der Waals surface area contributed by atoms with Crippen LogP contribution in [0, 0.1) is 10.5 Å². The van der Waals surface area contributed by atoms with Crippen LogP contribution in [0.5, 0.6) is 0 Å². The number of aromatic nitrogens is 2. The van der Waals surface area contributed by atoms with E-state index in [2.05, 4.69) is 38.1 Å². The Balaban J connectivity index is 2.01. The number of aryl methyl sites for hydroxylation is 1. The van der Waals surface area contributed by atoms with Crippen molar-refractivity contribution < 1.29 is 4.79 Å². The number of carbonyl (C=O) groups is 1. The topological polar surface area (TPSA) is 57.8 Å². The van der Waals surface area contributed by atoms with Crippen molar-refractivity contribution in [1.29, 1.82) is 0 Å². The van der Waals surface area contributed by atoms with Gasteiger partial charge in [-0.2, -0.15) is 5.10 Å². The standard InChI is InChI=1S/C10H10IN3OS/c1-6-5-16-9(8(6)11)10(15)12-4-7-2-3-13-14-7/h2-3,5H,4H2,1H3,(H,12,15)(H,13,14). The first kappa shape index (κ1) is 11.6. The molecule has 0 aliphatic heterocycles. The Labute approximate surface area is 111 Å². The zero-order valence-corrected chi connectivity index (χ0v) is 11.6. The van der Waals surface area contributed by atoms with E-state index in [1.165, 1.54) is 11.3 Å². The van der Waals surface area contributed by atoms with E-state index in [1.807, 2.05) is 18.4 Å². The zero-order valence-electron chi connectivity index (χ0n) is 8.58. The van der Waals surface area contributed by atoms with Gasteiger partial charge in [-0.15, -0.1) is 11.3 Å². The number of hydrogen-bond donors (Lipinski definition) is 2. The Morgan fingerprint density at radius 1 is 1.69 bits per heavy atom. The summed E-state index contributed by atoms with van der Waals surface area (Å²) in [4.78, 5) is 12.6. The van der Waals surface area contributed by atoms with Crippen molar-refractivity contribution in [2.45, 2.75) is 13.5 Å². The summed E-state index contributed by atoms with van der Waals surface area (Å²) in [6.45, 7) is 2.48. The molecule has 1 amide bonds. The highest BCUT2D eigenvalue weighted by Gasteiger charge is 2.13. The van der Waals surface area contributed by atoms with Gasteiger partial charge < -0.3 is 5.32 Å². The molecule has 0 spiro atoms. The van der Waals surface area contributed by atoms with Crippen molar-refractivity contribution in [2.24, 2.45) is 0 Å². The van der Waals surface area contributed by atoms with Gasteiger partial charge in [0.25, 0.3) is 5.91 Å². The van der Waals surface area contributed by atoms with E-state index in [4.69, 9.17) is 0 Å². The molecule has 0 aliphatic rings. The third kappa shape index (κ3) is 2.43. The fourth-order valence-corrected chi connectivity index (χ4v) is 3.07. The number of nitrogens with zero attached hydrogens (tertiary/aromatic N) is 1. The maximum atomic E-state index is 11.8. The first-order chi connectivity index (χ1) is 7.68. The molecule has 0 unspecified atom stereocenters. The average molecular weight is 347 g/mol. The van der Waals surface area contributed by atoms with E-state index in [-0.39, 0.29) is 5.91 Å². The molecule has 16 heavy (non-hydrogen) atoms. The molecule has 0 bridgehead atoms. The van der Waals surface area contributed by atoms with Crippen LogP contribution in [-0.4, -0.2) is 16.1 Å².